The lowest BCUT2D eigenvalue weighted by molar-refractivity contribution is 0.249. The van der Waals surface area contributed by atoms with Crippen molar-refractivity contribution in [3.05, 3.63) is 36.9 Å². The van der Waals surface area contributed by atoms with Crippen molar-refractivity contribution >= 4 is 17.7 Å². The monoisotopic (exact) mass is 231 g/mol. The van der Waals surface area contributed by atoms with Crippen molar-refractivity contribution in [2.75, 3.05) is 11.5 Å². The Bertz CT molecular complexity index is 475. The second-order valence-electron chi connectivity index (χ2n) is 3.19. The number of urea groups is 2. The molecule has 0 aromatic heterocycles. The molecule has 0 radical (unpaired) electrons. The molecule has 0 spiro atoms. The number of imide groups is 1. The molecule has 0 saturated carbocycles. The molecule has 0 fully saturated rings. The van der Waals surface area contributed by atoms with Gasteiger partial charge >= 0.3 is 12.1 Å². The van der Waals surface area contributed by atoms with Crippen LogP contribution in [0.3, 0.4) is 0 Å². The minimum Gasteiger partial charge on any atom is -0.490 e. The lowest BCUT2D eigenvalue weighted by Gasteiger charge is -2.11. The van der Waals surface area contributed by atoms with E-state index in [9.17, 15) is 9.59 Å². The Morgan fingerprint density at radius 1 is 1.18 bits per heavy atom. The first-order valence-corrected chi connectivity index (χ1v) is 4.86. The molecule has 6 heteroatoms. The first-order valence-electron chi connectivity index (χ1n) is 4.86. The third-order valence-electron chi connectivity index (χ3n) is 2.07. The van der Waals surface area contributed by atoms with E-state index in [4.69, 9.17) is 4.74 Å². The molecule has 0 N–H and O–H groups in total. The average Bonchev–Trinajstić information content (AvgIpc) is 2.67. The fraction of sp³-hybridized carbons (Fsp3) is 0.0909. The van der Waals surface area contributed by atoms with Gasteiger partial charge in [-0.2, -0.15) is 0 Å². The quantitative estimate of drug-likeness (QED) is 0.748. The highest BCUT2D eigenvalue weighted by atomic mass is 16.5. The summed E-state index contributed by atoms with van der Waals surface area (Å²) in [5.74, 6) is 0.627. The maximum atomic E-state index is 11.2. The second-order valence-corrected chi connectivity index (χ2v) is 3.19. The van der Waals surface area contributed by atoms with E-state index in [-0.39, 0.29) is 0 Å². The summed E-state index contributed by atoms with van der Waals surface area (Å²) < 4.78 is 5.27. The summed E-state index contributed by atoms with van der Waals surface area (Å²) in [7, 11) is 0. The van der Waals surface area contributed by atoms with Crippen LogP contribution in [0.4, 0.5) is 15.3 Å². The molecule has 0 saturated heterocycles. The highest BCUT2D eigenvalue weighted by Gasteiger charge is 2.28. The molecule has 1 aromatic rings. The van der Waals surface area contributed by atoms with E-state index in [0.717, 1.165) is 4.90 Å². The van der Waals surface area contributed by atoms with Gasteiger partial charge in [0.15, 0.2) is 0 Å². The van der Waals surface area contributed by atoms with Gasteiger partial charge in [0.2, 0.25) is 0 Å². The molecule has 17 heavy (non-hydrogen) atoms. The van der Waals surface area contributed by atoms with Crippen molar-refractivity contribution in [2.45, 2.75) is 0 Å². The molecule has 0 unspecified atom stereocenters. The van der Waals surface area contributed by atoms with Crippen LogP contribution in [0.5, 0.6) is 5.75 Å². The standard InChI is InChI=1S/C11H9N3O3/c1-2-7-17-9-5-3-8(4-6-9)14-10(15)12-13-11(14)16/h2-6H,1,7H2. The van der Waals surface area contributed by atoms with E-state index in [1.807, 2.05) is 0 Å². The SMILES string of the molecule is C=CCOc1ccc(N2C(=O)N=NC2=O)cc1. The summed E-state index contributed by atoms with van der Waals surface area (Å²) in [6.45, 7) is 3.92. The van der Waals surface area contributed by atoms with Crippen molar-refractivity contribution in [1.29, 1.82) is 0 Å². The molecule has 0 aliphatic carbocycles. The van der Waals surface area contributed by atoms with Gasteiger partial charge in [-0.15, -0.1) is 0 Å². The fourth-order valence-corrected chi connectivity index (χ4v) is 1.32. The number of carbonyl (C=O) groups is 2. The van der Waals surface area contributed by atoms with Crippen LogP contribution in [0, 0.1) is 0 Å². The Hall–Kier alpha value is -2.50. The minimum absolute atomic E-state index is 0.394. The number of amides is 4. The third-order valence-corrected chi connectivity index (χ3v) is 2.07. The van der Waals surface area contributed by atoms with Gasteiger partial charge in [-0.05, 0) is 24.3 Å². The van der Waals surface area contributed by atoms with E-state index < -0.39 is 12.1 Å². The number of rotatable bonds is 4. The van der Waals surface area contributed by atoms with Crippen LogP contribution in [-0.2, 0) is 0 Å². The summed E-state index contributed by atoms with van der Waals surface area (Å²) in [6.07, 6.45) is 1.62. The zero-order valence-corrected chi connectivity index (χ0v) is 8.87. The molecule has 86 valence electrons. The summed E-state index contributed by atoms with van der Waals surface area (Å²) in [5, 5.41) is 6.33. The third kappa shape index (κ3) is 2.20. The van der Waals surface area contributed by atoms with Gasteiger partial charge in [-0.3, -0.25) is 0 Å². The van der Waals surface area contributed by atoms with Crippen LogP contribution in [0.25, 0.3) is 0 Å². The van der Waals surface area contributed by atoms with Gasteiger partial charge < -0.3 is 4.74 Å². The fourth-order valence-electron chi connectivity index (χ4n) is 1.32. The number of ether oxygens (including phenoxy) is 1. The molecule has 1 heterocycles. The van der Waals surface area contributed by atoms with Gasteiger partial charge in [-0.1, -0.05) is 22.9 Å². The average molecular weight is 231 g/mol. The lowest BCUT2D eigenvalue weighted by atomic mass is 10.3. The molecule has 0 atom stereocenters. The number of hydrogen-bond acceptors (Lipinski definition) is 3. The van der Waals surface area contributed by atoms with Crippen LogP contribution < -0.4 is 9.64 Å². The van der Waals surface area contributed by atoms with Crippen LogP contribution >= 0.6 is 0 Å². The second kappa shape index (κ2) is 4.56. The van der Waals surface area contributed by atoms with Crippen molar-refractivity contribution < 1.29 is 14.3 Å². The maximum Gasteiger partial charge on any atom is 0.375 e. The largest absolute Gasteiger partial charge is 0.490 e. The molecule has 6 nitrogen and oxygen atoms in total. The van der Waals surface area contributed by atoms with Crippen molar-refractivity contribution in [1.82, 2.24) is 0 Å². The minimum atomic E-state index is -0.685. The number of azo groups is 1. The van der Waals surface area contributed by atoms with Crippen LogP contribution in [0.1, 0.15) is 0 Å². The topological polar surface area (TPSA) is 71.3 Å². The highest BCUT2D eigenvalue weighted by molar-refractivity contribution is 6.17. The van der Waals surface area contributed by atoms with Crippen LogP contribution in [0.2, 0.25) is 0 Å². The zero-order valence-electron chi connectivity index (χ0n) is 8.87. The number of carbonyl (C=O) groups excluding carboxylic acids is 2. The Labute approximate surface area is 97.2 Å². The molecule has 1 aliphatic rings. The molecular weight excluding hydrogens is 222 g/mol. The van der Waals surface area contributed by atoms with Gasteiger partial charge in [0.05, 0.1) is 5.69 Å². The van der Waals surface area contributed by atoms with E-state index in [1.165, 1.54) is 0 Å². The first kappa shape index (κ1) is 11.0. The first-order chi connectivity index (χ1) is 8.22. The summed E-state index contributed by atoms with van der Waals surface area (Å²) in [6, 6.07) is 5.11. The van der Waals surface area contributed by atoms with Crippen molar-refractivity contribution in [3.63, 3.8) is 0 Å². The van der Waals surface area contributed by atoms with Gasteiger partial charge in [-0.25, -0.2) is 14.5 Å². The summed E-state index contributed by atoms with van der Waals surface area (Å²) >= 11 is 0. The Balaban J connectivity index is 2.15. The van der Waals surface area contributed by atoms with Gasteiger partial charge in [0.25, 0.3) is 0 Å². The number of nitrogens with zero attached hydrogens (tertiary/aromatic N) is 3. The van der Waals surface area contributed by atoms with E-state index in [1.54, 1.807) is 30.3 Å². The van der Waals surface area contributed by atoms with Crippen LogP contribution in [0.15, 0.2) is 47.1 Å². The summed E-state index contributed by atoms with van der Waals surface area (Å²) in [5.41, 5.74) is 0.413. The van der Waals surface area contributed by atoms with Crippen molar-refractivity contribution in [3.8, 4) is 5.75 Å². The Kier molecular flexibility index (Phi) is 2.95. The van der Waals surface area contributed by atoms with E-state index >= 15 is 0 Å². The highest BCUT2D eigenvalue weighted by Crippen LogP contribution is 2.23. The molecule has 1 aromatic carbocycles. The number of hydrogen-bond donors (Lipinski definition) is 0. The molecular formula is C11H9N3O3. The molecule has 4 amide bonds. The van der Waals surface area contributed by atoms with Crippen LogP contribution in [-0.4, -0.2) is 18.7 Å². The van der Waals surface area contributed by atoms with E-state index in [2.05, 4.69) is 16.8 Å². The maximum absolute atomic E-state index is 11.2. The predicted octanol–water partition coefficient (Wildman–Crippen LogP) is 2.76. The zero-order chi connectivity index (χ0) is 12.3. The summed E-state index contributed by atoms with van der Waals surface area (Å²) in [4.78, 5) is 23.4. The van der Waals surface area contributed by atoms with Gasteiger partial charge in [0, 0.05) is 0 Å². The molecule has 1 aliphatic heterocycles. The van der Waals surface area contributed by atoms with Gasteiger partial charge in [0.1, 0.15) is 12.4 Å². The number of anilines is 1. The lowest BCUT2D eigenvalue weighted by Crippen LogP contribution is -2.27. The smallest absolute Gasteiger partial charge is 0.375 e. The number of benzene rings is 1. The normalized spacial score (nSPS) is 14.2. The molecule has 2 rings (SSSR count). The van der Waals surface area contributed by atoms with Crippen molar-refractivity contribution in [2.24, 2.45) is 10.2 Å². The predicted molar refractivity (Wildman–Crippen MR) is 60.3 cm³/mol. The molecule has 0 bridgehead atoms. The Morgan fingerprint density at radius 3 is 2.29 bits per heavy atom. The van der Waals surface area contributed by atoms with E-state index in [0.29, 0.717) is 18.0 Å². The Morgan fingerprint density at radius 2 is 1.76 bits per heavy atom.